The summed E-state index contributed by atoms with van der Waals surface area (Å²) in [4.78, 5) is 0. The van der Waals surface area contributed by atoms with Gasteiger partial charge in [0.2, 0.25) is 0 Å². The number of rotatable bonds is 2. The van der Waals surface area contributed by atoms with Crippen molar-refractivity contribution in [2.24, 2.45) is 0 Å². The monoisotopic (exact) mass is 578 g/mol. The second-order valence-electron chi connectivity index (χ2n) is 10.0. The molecule has 1 aliphatic carbocycles. The van der Waals surface area contributed by atoms with E-state index in [1.165, 1.54) is 39.0 Å². The first-order valence-corrected chi connectivity index (χ1v) is 23.0. The Morgan fingerprint density at radius 1 is 0.839 bits per heavy atom. The van der Waals surface area contributed by atoms with Crippen molar-refractivity contribution in [3.8, 4) is 16.9 Å². The van der Waals surface area contributed by atoms with Gasteiger partial charge in [-0.3, -0.25) is 0 Å². The SMILES string of the molecule is COc1c(C(C)(C)C)ccc(-c2cccc3c2C=C(C)C3)c1C(C)(C)C.[Cl][Zr]([Cl])([Cl])[Cl]. The molecule has 0 amide bonds. The van der Waals surface area contributed by atoms with Gasteiger partial charge in [-0.2, -0.15) is 0 Å². The summed E-state index contributed by atoms with van der Waals surface area (Å²) >= 11 is -3.29. The predicted molar refractivity (Wildman–Crippen MR) is 137 cm³/mol. The molecular weight excluding hydrogens is 549 g/mol. The van der Waals surface area contributed by atoms with Crippen LogP contribution in [-0.2, 0) is 32.7 Å². The summed E-state index contributed by atoms with van der Waals surface area (Å²) in [5, 5.41) is 0. The van der Waals surface area contributed by atoms with E-state index >= 15 is 0 Å². The van der Waals surface area contributed by atoms with Gasteiger partial charge in [0.05, 0.1) is 7.11 Å². The summed E-state index contributed by atoms with van der Waals surface area (Å²) in [6, 6.07) is 11.3. The van der Waals surface area contributed by atoms with Gasteiger partial charge in [0.1, 0.15) is 5.75 Å². The van der Waals surface area contributed by atoms with Gasteiger partial charge in [-0.05, 0) is 52.0 Å². The molecule has 0 atom stereocenters. The Hall–Kier alpha value is 0.0231. The van der Waals surface area contributed by atoms with E-state index in [1.54, 1.807) is 0 Å². The molecule has 2 aromatic rings. The van der Waals surface area contributed by atoms with E-state index < -0.39 is 15.5 Å². The molecular formula is C25H32Cl4OZr. The molecule has 0 saturated heterocycles. The fraction of sp³-hybridized carbons (Fsp3) is 0.440. The Labute approximate surface area is 206 Å². The van der Waals surface area contributed by atoms with Gasteiger partial charge in [-0.25, -0.2) is 0 Å². The van der Waals surface area contributed by atoms with Gasteiger partial charge in [-0.1, -0.05) is 83.5 Å². The molecule has 1 nitrogen and oxygen atoms in total. The average molecular weight is 582 g/mol. The van der Waals surface area contributed by atoms with Gasteiger partial charge < -0.3 is 4.74 Å². The fourth-order valence-corrected chi connectivity index (χ4v) is 4.12. The van der Waals surface area contributed by atoms with Crippen LogP contribution in [-0.4, -0.2) is 7.11 Å². The maximum atomic E-state index is 6.02. The molecule has 0 heterocycles. The summed E-state index contributed by atoms with van der Waals surface area (Å²) in [7, 11) is 22.0. The maximum absolute atomic E-state index is 6.02. The van der Waals surface area contributed by atoms with Gasteiger partial charge in [0, 0.05) is 5.56 Å². The van der Waals surface area contributed by atoms with E-state index in [2.05, 4.69) is 84.9 Å². The van der Waals surface area contributed by atoms with Crippen LogP contribution in [0.25, 0.3) is 17.2 Å². The Balaban J connectivity index is 0.000000614. The zero-order valence-electron chi connectivity index (χ0n) is 19.6. The Bertz CT molecular complexity index is 971. The normalized spacial score (nSPS) is 13.9. The number of allylic oxidation sites excluding steroid dienone is 1. The van der Waals surface area contributed by atoms with Gasteiger partial charge in [-0.15, -0.1) is 0 Å². The molecule has 1 aliphatic rings. The summed E-state index contributed by atoms with van der Waals surface area (Å²) < 4.78 is 6.02. The summed E-state index contributed by atoms with van der Waals surface area (Å²) in [6.45, 7) is 15.8. The molecule has 0 aliphatic heterocycles. The molecule has 0 aromatic heterocycles. The number of benzene rings is 2. The second kappa shape index (κ2) is 10.1. The minimum absolute atomic E-state index is 0.0119. The fourth-order valence-electron chi connectivity index (χ4n) is 4.12. The first-order valence-electron chi connectivity index (χ1n) is 10.3. The van der Waals surface area contributed by atoms with Crippen molar-refractivity contribution in [3.63, 3.8) is 0 Å². The van der Waals surface area contributed by atoms with Crippen molar-refractivity contribution in [1.82, 2.24) is 0 Å². The number of halogens is 4. The van der Waals surface area contributed by atoms with E-state index in [0.29, 0.717) is 0 Å². The molecule has 0 fully saturated rings. The molecule has 2 aromatic carbocycles. The molecule has 0 saturated carbocycles. The Morgan fingerprint density at radius 3 is 1.90 bits per heavy atom. The Morgan fingerprint density at radius 2 is 1.42 bits per heavy atom. The summed E-state index contributed by atoms with van der Waals surface area (Å²) in [5.41, 5.74) is 9.46. The van der Waals surface area contributed by atoms with E-state index in [-0.39, 0.29) is 10.8 Å². The third-order valence-corrected chi connectivity index (χ3v) is 5.27. The van der Waals surface area contributed by atoms with Gasteiger partial charge in [0.25, 0.3) is 0 Å². The van der Waals surface area contributed by atoms with Crippen LogP contribution in [0.3, 0.4) is 0 Å². The molecule has 6 heteroatoms. The van der Waals surface area contributed by atoms with Gasteiger partial charge in [0.15, 0.2) is 0 Å². The minimum atomic E-state index is -3.29. The van der Waals surface area contributed by atoms with Crippen LogP contribution in [0.5, 0.6) is 5.75 Å². The Kier molecular flexibility index (Phi) is 8.89. The van der Waals surface area contributed by atoms with E-state index in [0.717, 1.165) is 12.2 Å². The molecule has 0 spiro atoms. The van der Waals surface area contributed by atoms with E-state index in [1.807, 2.05) is 7.11 Å². The molecule has 31 heavy (non-hydrogen) atoms. The van der Waals surface area contributed by atoms with Crippen molar-refractivity contribution in [3.05, 3.63) is 58.2 Å². The number of methoxy groups -OCH3 is 1. The molecule has 3 rings (SSSR count). The molecule has 0 N–H and O–H groups in total. The van der Waals surface area contributed by atoms with Crippen LogP contribution >= 0.6 is 34.1 Å². The summed E-state index contributed by atoms with van der Waals surface area (Å²) in [6.07, 6.45) is 3.41. The van der Waals surface area contributed by atoms with Crippen LogP contribution in [0.4, 0.5) is 0 Å². The first kappa shape index (κ1) is 27.3. The van der Waals surface area contributed by atoms with E-state index in [4.69, 9.17) is 38.8 Å². The van der Waals surface area contributed by atoms with Crippen LogP contribution in [0, 0.1) is 0 Å². The van der Waals surface area contributed by atoms with Crippen molar-refractivity contribution in [2.75, 3.05) is 7.11 Å². The average Bonchev–Trinajstić information content (AvgIpc) is 2.97. The standard InChI is InChI=1S/C25H32O.4ClH.Zr/c1-16-14-17-10-9-11-18(20(17)15-16)19-12-13-21(24(2,3)4)23(26-8)22(19)25(5,6)7;;;;;/h9-13,15H,14H2,1-8H3;4*1H;/q;;;;;+4/p-4. The molecule has 0 radical (unpaired) electrons. The topological polar surface area (TPSA) is 9.23 Å². The van der Waals surface area contributed by atoms with E-state index in [9.17, 15) is 0 Å². The van der Waals surface area contributed by atoms with Crippen LogP contribution in [0.2, 0.25) is 0 Å². The number of ether oxygens (including phenoxy) is 1. The molecule has 170 valence electrons. The first-order chi connectivity index (χ1) is 14.0. The van der Waals surface area contributed by atoms with Crippen molar-refractivity contribution >= 4 is 40.1 Å². The van der Waals surface area contributed by atoms with Gasteiger partial charge >= 0.3 is 49.5 Å². The van der Waals surface area contributed by atoms with Crippen LogP contribution in [0.1, 0.15) is 70.7 Å². The number of fused-ring (bicyclic) bond motifs is 1. The zero-order valence-corrected chi connectivity index (χ0v) is 25.1. The zero-order chi connectivity index (χ0) is 23.8. The number of hydrogen-bond acceptors (Lipinski definition) is 1. The van der Waals surface area contributed by atoms with Crippen molar-refractivity contribution < 1.29 is 20.2 Å². The second-order valence-corrected chi connectivity index (χ2v) is 32.4. The third-order valence-electron chi connectivity index (χ3n) is 5.27. The number of hydrogen-bond donors (Lipinski definition) is 0. The quantitative estimate of drug-likeness (QED) is 0.343. The van der Waals surface area contributed by atoms with Crippen LogP contribution in [0.15, 0.2) is 35.9 Å². The van der Waals surface area contributed by atoms with Crippen molar-refractivity contribution in [1.29, 1.82) is 0 Å². The third kappa shape index (κ3) is 7.25. The molecule has 0 bridgehead atoms. The van der Waals surface area contributed by atoms with Crippen LogP contribution < -0.4 is 4.74 Å². The molecule has 0 unspecified atom stereocenters. The van der Waals surface area contributed by atoms with Crippen molar-refractivity contribution in [2.45, 2.75) is 65.7 Å². The summed E-state index contributed by atoms with van der Waals surface area (Å²) in [5.74, 6) is 1.04. The predicted octanol–water partition coefficient (Wildman–Crippen LogP) is 9.67.